The molecule has 1 N–H and O–H groups in total. The van der Waals surface area contributed by atoms with E-state index in [0.717, 1.165) is 27.1 Å². The zero-order valence-electron chi connectivity index (χ0n) is 8.33. The van der Waals surface area contributed by atoms with Crippen molar-refractivity contribution in [3.8, 4) is 10.4 Å². The van der Waals surface area contributed by atoms with Crippen molar-refractivity contribution in [1.29, 1.82) is 0 Å². The van der Waals surface area contributed by atoms with E-state index < -0.39 is 0 Å². The number of hydrogen-bond donors (Lipinski definition) is 1. The van der Waals surface area contributed by atoms with E-state index in [-0.39, 0.29) is 0 Å². The summed E-state index contributed by atoms with van der Waals surface area (Å²) < 4.78 is 0. The van der Waals surface area contributed by atoms with E-state index in [4.69, 9.17) is 11.6 Å². The van der Waals surface area contributed by atoms with Gasteiger partial charge in [0, 0.05) is 17.8 Å². The number of thiazole rings is 1. The van der Waals surface area contributed by atoms with E-state index in [1.54, 1.807) is 11.3 Å². The maximum atomic E-state index is 5.83. The number of hydrogen-bond acceptors (Lipinski definition) is 3. The van der Waals surface area contributed by atoms with E-state index >= 15 is 0 Å². The lowest BCUT2D eigenvalue weighted by Crippen LogP contribution is -1.94. The highest BCUT2D eigenvalue weighted by atomic mass is 35.5. The molecular weight excluding hydrogens is 228 g/mol. The maximum absolute atomic E-state index is 5.83. The van der Waals surface area contributed by atoms with Gasteiger partial charge >= 0.3 is 0 Å². The second-order valence-electron chi connectivity index (χ2n) is 3.07. The van der Waals surface area contributed by atoms with Crippen LogP contribution in [0.3, 0.4) is 0 Å². The van der Waals surface area contributed by atoms with Crippen LogP contribution in [-0.4, -0.2) is 11.5 Å². The smallest absolute Gasteiger partial charge is 0.183 e. The van der Waals surface area contributed by atoms with Crippen LogP contribution in [0.2, 0.25) is 5.02 Å². The first-order chi connectivity index (χ1) is 7.29. The molecule has 2 nitrogen and oxygen atoms in total. The summed E-state index contributed by atoms with van der Waals surface area (Å²) in [4.78, 5) is 5.43. The van der Waals surface area contributed by atoms with Crippen molar-refractivity contribution in [1.82, 2.24) is 4.98 Å². The molecule has 1 aromatic heterocycles. The molecule has 0 aliphatic heterocycles. The van der Waals surface area contributed by atoms with Crippen LogP contribution in [0.4, 0.5) is 5.13 Å². The number of nitrogens with zero attached hydrogens (tertiary/aromatic N) is 1. The van der Waals surface area contributed by atoms with Gasteiger partial charge in [-0.2, -0.15) is 0 Å². The third kappa shape index (κ3) is 2.49. The van der Waals surface area contributed by atoms with E-state index in [2.05, 4.69) is 17.2 Å². The van der Waals surface area contributed by atoms with Gasteiger partial charge in [-0.25, -0.2) is 4.98 Å². The highest BCUT2D eigenvalue weighted by molar-refractivity contribution is 7.18. The Kier molecular flexibility index (Phi) is 3.23. The molecule has 0 aliphatic carbocycles. The minimum Gasteiger partial charge on any atom is -0.362 e. The van der Waals surface area contributed by atoms with Crippen LogP contribution in [0.1, 0.15) is 6.92 Å². The Bertz CT molecular complexity index is 436. The molecule has 0 unspecified atom stereocenters. The first-order valence-corrected chi connectivity index (χ1v) is 5.94. The van der Waals surface area contributed by atoms with E-state index in [0.29, 0.717) is 0 Å². The van der Waals surface area contributed by atoms with Gasteiger partial charge in [0.2, 0.25) is 0 Å². The topological polar surface area (TPSA) is 24.9 Å². The Morgan fingerprint density at radius 1 is 1.33 bits per heavy atom. The van der Waals surface area contributed by atoms with Crippen LogP contribution in [0.15, 0.2) is 30.5 Å². The molecule has 1 heterocycles. The van der Waals surface area contributed by atoms with Crippen molar-refractivity contribution >= 4 is 28.1 Å². The largest absolute Gasteiger partial charge is 0.362 e. The molecule has 2 aromatic rings. The van der Waals surface area contributed by atoms with E-state index in [9.17, 15) is 0 Å². The van der Waals surface area contributed by atoms with Crippen molar-refractivity contribution in [3.63, 3.8) is 0 Å². The lowest BCUT2D eigenvalue weighted by Gasteiger charge is -1.96. The minimum atomic E-state index is 0.759. The highest BCUT2D eigenvalue weighted by Crippen LogP contribution is 2.29. The van der Waals surface area contributed by atoms with Gasteiger partial charge in [-0.05, 0) is 24.6 Å². The third-order valence-corrected chi connectivity index (χ3v) is 3.22. The number of aromatic nitrogens is 1. The summed E-state index contributed by atoms with van der Waals surface area (Å²) in [6, 6.07) is 7.80. The lowest BCUT2D eigenvalue weighted by atomic mass is 10.2. The molecule has 78 valence electrons. The summed E-state index contributed by atoms with van der Waals surface area (Å²) in [7, 11) is 0. The first-order valence-electron chi connectivity index (χ1n) is 4.75. The number of benzene rings is 1. The van der Waals surface area contributed by atoms with Crippen molar-refractivity contribution in [2.45, 2.75) is 6.92 Å². The number of halogens is 1. The summed E-state index contributed by atoms with van der Waals surface area (Å²) in [6.07, 6.45) is 1.88. The first kappa shape index (κ1) is 10.5. The SMILES string of the molecule is CCNc1ncc(-c2ccc(Cl)cc2)s1. The predicted octanol–water partition coefficient (Wildman–Crippen LogP) is 3.90. The molecule has 0 spiro atoms. The summed E-state index contributed by atoms with van der Waals surface area (Å²) in [6.45, 7) is 2.96. The van der Waals surface area contributed by atoms with Gasteiger partial charge in [0.15, 0.2) is 5.13 Å². The Morgan fingerprint density at radius 2 is 2.07 bits per heavy atom. The zero-order chi connectivity index (χ0) is 10.7. The molecule has 0 radical (unpaired) electrons. The average Bonchev–Trinajstić information content (AvgIpc) is 2.68. The summed E-state index contributed by atoms with van der Waals surface area (Å²) in [5.74, 6) is 0. The third-order valence-electron chi connectivity index (χ3n) is 1.96. The highest BCUT2D eigenvalue weighted by Gasteiger charge is 2.02. The second kappa shape index (κ2) is 4.64. The van der Waals surface area contributed by atoms with Crippen molar-refractivity contribution in [2.75, 3.05) is 11.9 Å². The molecule has 0 aliphatic rings. The van der Waals surface area contributed by atoms with Gasteiger partial charge in [0.25, 0.3) is 0 Å². The molecular formula is C11H11ClN2S. The maximum Gasteiger partial charge on any atom is 0.183 e. The Morgan fingerprint density at radius 3 is 2.73 bits per heavy atom. The van der Waals surface area contributed by atoms with Crippen LogP contribution in [0.5, 0.6) is 0 Å². The normalized spacial score (nSPS) is 10.3. The predicted molar refractivity (Wildman–Crippen MR) is 66.7 cm³/mol. The fourth-order valence-corrected chi connectivity index (χ4v) is 2.27. The van der Waals surface area contributed by atoms with Crippen LogP contribution in [-0.2, 0) is 0 Å². The minimum absolute atomic E-state index is 0.759. The summed E-state index contributed by atoms with van der Waals surface area (Å²) >= 11 is 7.48. The van der Waals surface area contributed by atoms with Gasteiger partial charge in [-0.1, -0.05) is 35.1 Å². The van der Waals surface area contributed by atoms with Gasteiger partial charge in [0.05, 0.1) is 4.88 Å². The van der Waals surface area contributed by atoms with Crippen LogP contribution in [0.25, 0.3) is 10.4 Å². The lowest BCUT2D eigenvalue weighted by molar-refractivity contribution is 1.19. The molecule has 0 saturated carbocycles. The molecule has 0 atom stereocenters. The molecule has 0 amide bonds. The fraction of sp³-hybridized carbons (Fsp3) is 0.182. The molecule has 1 aromatic carbocycles. The molecule has 0 fully saturated rings. The fourth-order valence-electron chi connectivity index (χ4n) is 1.25. The Hall–Kier alpha value is -1.06. The molecule has 0 bridgehead atoms. The quantitative estimate of drug-likeness (QED) is 0.878. The van der Waals surface area contributed by atoms with Crippen molar-refractivity contribution < 1.29 is 0 Å². The zero-order valence-corrected chi connectivity index (χ0v) is 9.90. The molecule has 2 rings (SSSR count). The number of nitrogens with one attached hydrogen (secondary N) is 1. The van der Waals surface area contributed by atoms with Gasteiger partial charge < -0.3 is 5.32 Å². The van der Waals surface area contributed by atoms with E-state index in [1.165, 1.54) is 0 Å². The van der Waals surface area contributed by atoms with E-state index in [1.807, 2.05) is 30.5 Å². The molecule has 4 heteroatoms. The molecule has 15 heavy (non-hydrogen) atoms. The summed E-state index contributed by atoms with van der Waals surface area (Å²) in [5.41, 5.74) is 1.15. The number of anilines is 1. The Labute approximate surface area is 97.9 Å². The monoisotopic (exact) mass is 238 g/mol. The summed E-state index contributed by atoms with van der Waals surface area (Å²) in [5, 5.41) is 4.91. The van der Waals surface area contributed by atoms with Crippen molar-refractivity contribution in [2.24, 2.45) is 0 Å². The van der Waals surface area contributed by atoms with Crippen LogP contribution in [0, 0.1) is 0 Å². The standard InChI is InChI=1S/C11H11ClN2S/c1-2-13-11-14-7-10(15-11)8-3-5-9(12)6-4-8/h3-7H,2H2,1H3,(H,13,14). The average molecular weight is 239 g/mol. The van der Waals surface area contributed by atoms with Gasteiger partial charge in [-0.3, -0.25) is 0 Å². The second-order valence-corrected chi connectivity index (χ2v) is 4.53. The molecule has 0 saturated heterocycles. The number of rotatable bonds is 3. The van der Waals surface area contributed by atoms with Gasteiger partial charge in [-0.15, -0.1) is 0 Å². The van der Waals surface area contributed by atoms with Gasteiger partial charge in [0.1, 0.15) is 0 Å². The Balaban J connectivity index is 2.25. The van der Waals surface area contributed by atoms with Crippen LogP contribution < -0.4 is 5.32 Å². The van der Waals surface area contributed by atoms with Crippen LogP contribution >= 0.6 is 22.9 Å². The van der Waals surface area contributed by atoms with Crippen molar-refractivity contribution in [3.05, 3.63) is 35.5 Å².